The first kappa shape index (κ1) is 43.2. The van der Waals surface area contributed by atoms with E-state index in [0.717, 1.165) is 118 Å². The molecule has 0 aromatic heterocycles. The lowest BCUT2D eigenvalue weighted by Gasteiger charge is -2.36. The van der Waals surface area contributed by atoms with Gasteiger partial charge in [-0.3, -0.25) is 0 Å². The van der Waals surface area contributed by atoms with Gasteiger partial charge >= 0.3 is 15.1 Å². The predicted octanol–water partition coefficient (Wildman–Crippen LogP) is 4.18. The first-order valence-electron chi connectivity index (χ1n) is 18.0. The second-order valence-corrected chi connectivity index (χ2v) is 12.9. The first-order chi connectivity index (χ1) is 20.7. The van der Waals surface area contributed by atoms with Gasteiger partial charge in [-0.2, -0.15) is 0 Å². The Bertz CT molecular complexity index is 478. The van der Waals surface area contributed by atoms with Gasteiger partial charge in [-0.25, -0.2) is 0 Å². The van der Waals surface area contributed by atoms with Gasteiger partial charge < -0.3 is 40.8 Å². The highest BCUT2D eigenvalue weighted by atomic mass is 27.3. The normalized spacial score (nSPS) is 12.8. The molecular weight excluding hydrogens is 555 g/mol. The third kappa shape index (κ3) is 18.8. The monoisotopic (exact) mass is 631 g/mol. The minimum absolute atomic E-state index is 0.0431. The Hall–Kier alpha value is 0.172. The van der Waals surface area contributed by atoms with E-state index in [9.17, 15) is 0 Å². The molecule has 0 aliphatic rings. The summed E-state index contributed by atoms with van der Waals surface area (Å²) < 4.78 is 21.3. The van der Waals surface area contributed by atoms with E-state index in [1.807, 2.05) is 0 Å². The quantitative estimate of drug-likeness (QED) is 0.109. The van der Waals surface area contributed by atoms with Crippen molar-refractivity contribution in [1.82, 2.24) is 29.4 Å². The van der Waals surface area contributed by atoms with Crippen molar-refractivity contribution < 1.29 is 11.4 Å². The van der Waals surface area contributed by atoms with Crippen molar-refractivity contribution in [1.29, 1.82) is 0 Å². The van der Waals surface area contributed by atoms with Crippen LogP contribution in [0.15, 0.2) is 0 Å². The van der Waals surface area contributed by atoms with Gasteiger partial charge in [0.15, 0.2) is 0 Å². The van der Waals surface area contributed by atoms with Gasteiger partial charge in [-0.15, -0.1) is 0 Å². The number of nitrogens with zero attached hydrogens (tertiary/aromatic N) is 6. The first-order valence-corrected chi connectivity index (χ1v) is 19.5. The van der Waals surface area contributed by atoms with E-state index < -0.39 is 15.1 Å². The Morgan fingerprint density at radius 2 is 0.442 bits per heavy atom. The van der Waals surface area contributed by atoms with E-state index >= 15 is 0 Å². The smallest absolute Gasteiger partial charge is 0.450 e. The van der Waals surface area contributed by atoms with E-state index in [-0.39, 0.29) is 18.3 Å². The Balaban J connectivity index is 6.51. The van der Waals surface area contributed by atoms with Crippen molar-refractivity contribution in [2.24, 2.45) is 0 Å². The number of rotatable bonds is 30. The van der Waals surface area contributed by atoms with Gasteiger partial charge in [0.05, 0.1) is 18.3 Å². The summed E-state index contributed by atoms with van der Waals surface area (Å²) >= 11 is -2.55. The van der Waals surface area contributed by atoms with Crippen LogP contribution in [0.2, 0.25) is 0 Å². The Morgan fingerprint density at radius 1 is 0.302 bits per heavy atom. The van der Waals surface area contributed by atoms with Crippen molar-refractivity contribution in [2.75, 3.05) is 118 Å². The van der Waals surface area contributed by atoms with Crippen molar-refractivity contribution in [3.63, 3.8) is 0 Å². The number of hydrogen-bond acceptors (Lipinski definition) is 9. The largest absolute Gasteiger partial charge is 0.906 e. The predicted molar refractivity (Wildman–Crippen MR) is 187 cm³/mol. The molecule has 9 nitrogen and oxygen atoms in total. The fourth-order valence-corrected chi connectivity index (χ4v) is 7.27. The van der Waals surface area contributed by atoms with Gasteiger partial charge in [0.25, 0.3) is 0 Å². The summed E-state index contributed by atoms with van der Waals surface area (Å²) in [7, 11) is 0. The van der Waals surface area contributed by atoms with Crippen molar-refractivity contribution in [3.8, 4) is 0 Å². The molecule has 0 aliphatic carbocycles. The molecular formula is C33H75AlN6O3. The maximum absolute atomic E-state index is 7.11. The number of likely N-dealkylation sites (N-methyl/N-ethyl adjacent to an activating group) is 6. The molecule has 0 radical (unpaired) electrons. The lowest BCUT2D eigenvalue weighted by atomic mass is 10.3. The summed E-state index contributed by atoms with van der Waals surface area (Å²) in [5.41, 5.74) is 0. The Morgan fingerprint density at radius 3 is 0.558 bits per heavy atom. The Kier molecular flexibility index (Phi) is 27.4. The molecule has 0 bridgehead atoms. The molecule has 0 aromatic carbocycles. The van der Waals surface area contributed by atoms with Crippen LogP contribution in [-0.4, -0.2) is 181 Å². The zero-order chi connectivity index (χ0) is 32.6. The summed E-state index contributed by atoms with van der Waals surface area (Å²) in [5, 5.41) is 0. The average Bonchev–Trinajstić information content (AvgIpc) is 3.03. The minimum atomic E-state index is -2.55. The molecule has 0 amide bonds. The van der Waals surface area contributed by atoms with Crippen LogP contribution in [0.4, 0.5) is 0 Å². The van der Waals surface area contributed by atoms with E-state index in [4.69, 9.17) is 11.4 Å². The van der Waals surface area contributed by atoms with Gasteiger partial charge in [-0.1, -0.05) is 83.1 Å². The van der Waals surface area contributed by atoms with Crippen LogP contribution in [0.1, 0.15) is 83.1 Å². The molecule has 0 spiro atoms. The van der Waals surface area contributed by atoms with Crippen LogP contribution in [0, 0.1) is 0 Å². The van der Waals surface area contributed by atoms with Gasteiger partial charge in [0.2, 0.25) is 0 Å². The molecule has 0 rings (SSSR count). The summed E-state index contributed by atoms with van der Waals surface area (Å²) in [5.74, 6) is 0. The molecule has 43 heavy (non-hydrogen) atoms. The molecule has 258 valence electrons. The number of hydrogen-bond donors (Lipinski definition) is 0. The van der Waals surface area contributed by atoms with Gasteiger partial charge in [0, 0.05) is 39.3 Å². The van der Waals surface area contributed by atoms with Gasteiger partial charge in [0.1, 0.15) is 0 Å². The molecule has 0 fully saturated rings. The minimum Gasteiger partial charge on any atom is -0.450 e. The molecule has 0 N–H and O–H groups in total. The molecule has 0 unspecified atom stereocenters. The second kappa shape index (κ2) is 27.3. The summed E-state index contributed by atoms with van der Waals surface area (Å²) in [4.78, 5) is 14.9. The van der Waals surface area contributed by atoms with Crippen molar-refractivity contribution >= 4 is 15.1 Å². The lowest BCUT2D eigenvalue weighted by Crippen LogP contribution is -2.52. The summed E-state index contributed by atoms with van der Waals surface area (Å²) in [6.45, 7) is 44.5. The van der Waals surface area contributed by atoms with Crippen LogP contribution < -0.4 is 0 Å². The van der Waals surface area contributed by atoms with E-state index in [0.29, 0.717) is 0 Å². The van der Waals surface area contributed by atoms with Crippen LogP contribution in [0.5, 0.6) is 0 Å². The fourth-order valence-electron chi connectivity index (χ4n) is 5.62. The zero-order valence-electron chi connectivity index (χ0n) is 30.9. The van der Waals surface area contributed by atoms with Crippen molar-refractivity contribution in [2.45, 2.75) is 101 Å². The van der Waals surface area contributed by atoms with E-state index in [1.54, 1.807) is 0 Å². The molecule has 0 saturated carbocycles. The molecule has 0 atom stereocenters. The standard InChI is InChI=1S/3C11H25N2O.Al/c3*1-5-12(6-2)9-11(14)10-13(7-3)8-4;/h3*11H,5-10H2,1-4H3;/q3*-1;+3. The molecule has 0 heterocycles. The topological polar surface area (TPSA) is 47.1 Å². The molecule has 0 aliphatic heterocycles. The van der Waals surface area contributed by atoms with E-state index in [1.165, 1.54) is 0 Å². The third-order valence-electron chi connectivity index (χ3n) is 9.05. The fraction of sp³-hybridized carbons (Fsp3) is 1.00. The van der Waals surface area contributed by atoms with E-state index in [2.05, 4.69) is 112 Å². The maximum atomic E-state index is 7.11. The highest BCUT2D eigenvalue weighted by Gasteiger charge is 2.41. The van der Waals surface area contributed by atoms with Crippen LogP contribution in [0.25, 0.3) is 0 Å². The maximum Gasteiger partial charge on any atom is 0.906 e. The van der Waals surface area contributed by atoms with Gasteiger partial charge in [-0.05, 0) is 78.5 Å². The van der Waals surface area contributed by atoms with Crippen LogP contribution in [-0.2, 0) is 11.4 Å². The van der Waals surface area contributed by atoms with Crippen LogP contribution >= 0.6 is 0 Å². The zero-order valence-corrected chi connectivity index (χ0v) is 32.1. The average molecular weight is 631 g/mol. The highest BCUT2D eigenvalue weighted by Crippen LogP contribution is 2.14. The lowest BCUT2D eigenvalue weighted by molar-refractivity contribution is -0.0320. The SMILES string of the molecule is CCN(CC)CC(CN(CC)CC)[O][Al]([O]C(CN(CC)CC)CN(CC)CC)[O]C(CN(CC)CC)CN(CC)CC. The van der Waals surface area contributed by atoms with Crippen LogP contribution in [0.3, 0.4) is 0 Å². The van der Waals surface area contributed by atoms with Crippen molar-refractivity contribution in [3.05, 3.63) is 0 Å². The Labute approximate surface area is 274 Å². The highest BCUT2D eigenvalue weighted by molar-refractivity contribution is 6.36. The summed E-state index contributed by atoms with van der Waals surface area (Å²) in [6.07, 6.45) is 0.129. The molecule has 10 heteroatoms. The molecule has 0 aromatic rings. The second-order valence-electron chi connectivity index (χ2n) is 11.5. The third-order valence-corrected chi connectivity index (χ3v) is 10.9. The molecule has 0 saturated heterocycles. The summed E-state index contributed by atoms with van der Waals surface area (Å²) in [6, 6.07) is 0.